The van der Waals surface area contributed by atoms with Crippen LogP contribution in [0.15, 0.2) is 115 Å². The van der Waals surface area contributed by atoms with Gasteiger partial charge in [-0.05, 0) is 122 Å². The lowest BCUT2D eigenvalue weighted by molar-refractivity contribution is -0.144. The van der Waals surface area contributed by atoms with Crippen LogP contribution in [0.2, 0.25) is 0 Å². The summed E-state index contributed by atoms with van der Waals surface area (Å²) in [5, 5.41) is 1.75. The van der Waals surface area contributed by atoms with E-state index in [1.165, 1.54) is 6.92 Å². The van der Waals surface area contributed by atoms with Gasteiger partial charge in [0.15, 0.2) is 0 Å². The molecule has 0 radical (unpaired) electrons. The molecule has 0 spiro atoms. The molecule has 296 valence electrons. The number of hydrogen-bond donors (Lipinski definition) is 0. The normalized spacial score (nSPS) is 18.0. The topological polar surface area (TPSA) is 0 Å². The highest BCUT2D eigenvalue weighted by atomic mass is 31.1. The van der Waals surface area contributed by atoms with Crippen LogP contribution in [0, 0.1) is 12.8 Å². The van der Waals surface area contributed by atoms with Crippen LogP contribution in [0.1, 0.15) is 65.5 Å². The summed E-state index contributed by atoms with van der Waals surface area (Å²) < 4.78 is 170. The highest BCUT2D eigenvalue weighted by Gasteiger charge is 2.44. The molecule has 0 N–H and O–H groups in total. The third kappa shape index (κ3) is 9.12. The van der Waals surface area contributed by atoms with Gasteiger partial charge in [0.1, 0.15) is 0 Å². The first kappa shape index (κ1) is 41.7. The molecule has 1 fully saturated rings. The SMILES string of the molecule is Cc1cccc(P(c2ccccc2)c2ccccc2C2CCCC2C(C)P(c2cc(C(F)(F)F)cc(C(F)(F)F)c2)c2cc(C(F)(F)F)cc(C(F)(F)F)c2)c1. The molecule has 0 aromatic heterocycles. The zero-order chi connectivity index (χ0) is 40.8. The first-order chi connectivity index (χ1) is 26.1. The number of aryl methyl sites for hydroxylation is 1. The maximum Gasteiger partial charge on any atom is 0.416 e. The Kier molecular flexibility index (Phi) is 11.8. The van der Waals surface area contributed by atoms with Gasteiger partial charge in [-0.2, -0.15) is 52.7 Å². The van der Waals surface area contributed by atoms with Crippen LogP contribution in [-0.4, -0.2) is 5.66 Å². The molecule has 4 atom stereocenters. The number of halogens is 12. The van der Waals surface area contributed by atoms with Crippen molar-refractivity contribution in [2.45, 2.75) is 69.4 Å². The van der Waals surface area contributed by atoms with Crippen LogP contribution < -0.4 is 26.5 Å². The van der Waals surface area contributed by atoms with Crippen LogP contribution >= 0.6 is 15.8 Å². The van der Waals surface area contributed by atoms with Crippen molar-refractivity contribution in [1.82, 2.24) is 0 Å². The largest absolute Gasteiger partial charge is 0.416 e. The van der Waals surface area contributed by atoms with E-state index in [-0.39, 0.29) is 18.1 Å². The third-order valence-electron chi connectivity index (χ3n) is 10.1. The molecule has 4 unspecified atom stereocenters. The maximum atomic E-state index is 14.2. The molecule has 14 heteroatoms. The van der Waals surface area contributed by atoms with Crippen molar-refractivity contribution in [2.75, 3.05) is 0 Å². The number of hydrogen-bond acceptors (Lipinski definition) is 0. The predicted molar refractivity (Wildman–Crippen MR) is 199 cm³/mol. The van der Waals surface area contributed by atoms with Crippen LogP contribution in [0.3, 0.4) is 0 Å². The lowest BCUT2D eigenvalue weighted by atomic mass is 9.87. The average molecular weight is 829 g/mol. The van der Waals surface area contributed by atoms with Gasteiger partial charge >= 0.3 is 24.7 Å². The van der Waals surface area contributed by atoms with Gasteiger partial charge in [0.25, 0.3) is 0 Å². The first-order valence-corrected chi connectivity index (χ1v) is 20.3. The standard InChI is InChI=1S/C42H34F12P2/c1-25-10-8-13-32(18-25)56(31-11-4-3-5-12-31)38-17-7-6-14-37(38)36-16-9-15-35(36)26(2)55(33-21-27(39(43,44)45)19-28(22-33)40(46,47)48)34-23-29(41(49,50)51)20-30(24-34)42(52,53)54/h3-8,10-14,17-24,26,35-36H,9,15-16H2,1-2H3. The van der Waals surface area contributed by atoms with Crippen molar-refractivity contribution in [3.63, 3.8) is 0 Å². The summed E-state index contributed by atoms with van der Waals surface area (Å²) in [5.41, 5.74) is -5.90. The lowest BCUT2D eigenvalue weighted by Gasteiger charge is -2.36. The Labute approximate surface area is 318 Å². The van der Waals surface area contributed by atoms with E-state index in [4.69, 9.17) is 0 Å². The molecular weight excluding hydrogens is 794 g/mol. The highest BCUT2D eigenvalue weighted by molar-refractivity contribution is 7.80. The van der Waals surface area contributed by atoms with Crippen LogP contribution in [0.5, 0.6) is 0 Å². The molecule has 0 aliphatic heterocycles. The molecule has 0 bridgehead atoms. The quantitative estimate of drug-likeness (QED) is 0.108. The van der Waals surface area contributed by atoms with Gasteiger partial charge < -0.3 is 0 Å². The van der Waals surface area contributed by atoms with Crippen LogP contribution in [0.25, 0.3) is 0 Å². The smallest absolute Gasteiger partial charge is 0.166 e. The monoisotopic (exact) mass is 828 g/mol. The molecule has 0 saturated heterocycles. The Morgan fingerprint density at radius 1 is 0.500 bits per heavy atom. The van der Waals surface area contributed by atoms with E-state index < -0.39 is 85.0 Å². The first-order valence-electron chi connectivity index (χ1n) is 17.5. The van der Waals surface area contributed by atoms with E-state index in [1.807, 2.05) is 79.7 Å². The minimum absolute atomic E-state index is 0.0965. The summed E-state index contributed by atoms with van der Waals surface area (Å²) in [6.07, 6.45) is -19.7. The fourth-order valence-electron chi connectivity index (χ4n) is 7.69. The van der Waals surface area contributed by atoms with Gasteiger partial charge in [0.05, 0.1) is 22.3 Å². The molecule has 0 nitrogen and oxygen atoms in total. The summed E-state index contributed by atoms with van der Waals surface area (Å²) in [5.74, 6) is -0.911. The summed E-state index contributed by atoms with van der Waals surface area (Å²) in [6.45, 7) is 3.49. The van der Waals surface area contributed by atoms with Gasteiger partial charge in [-0.25, -0.2) is 0 Å². The Hall–Kier alpha value is -3.88. The van der Waals surface area contributed by atoms with Crippen molar-refractivity contribution in [3.8, 4) is 0 Å². The molecule has 1 aliphatic carbocycles. The van der Waals surface area contributed by atoms with Crippen molar-refractivity contribution in [1.29, 1.82) is 0 Å². The zero-order valence-corrected chi connectivity index (χ0v) is 31.5. The van der Waals surface area contributed by atoms with Gasteiger partial charge in [-0.3, -0.25) is 0 Å². The van der Waals surface area contributed by atoms with Crippen molar-refractivity contribution < 1.29 is 52.7 Å². The zero-order valence-electron chi connectivity index (χ0n) is 29.8. The van der Waals surface area contributed by atoms with E-state index in [9.17, 15) is 52.7 Å². The predicted octanol–water partition coefficient (Wildman–Crippen LogP) is 12.2. The minimum atomic E-state index is -5.30. The maximum absolute atomic E-state index is 14.2. The second-order valence-electron chi connectivity index (χ2n) is 13.9. The van der Waals surface area contributed by atoms with Gasteiger partial charge in [-0.1, -0.05) is 97.8 Å². The minimum Gasteiger partial charge on any atom is -0.166 e. The fraction of sp³-hybridized carbons (Fsp3) is 0.286. The van der Waals surface area contributed by atoms with Gasteiger partial charge in [0.2, 0.25) is 0 Å². The Morgan fingerprint density at radius 3 is 1.45 bits per heavy atom. The molecule has 5 aromatic carbocycles. The van der Waals surface area contributed by atoms with Gasteiger partial charge in [0, 0.05) is 0 Å². The van der Waals surface area contributed by atoms with E-state index >= 15 is 0 Å². The summed E-state index contributed by atoms with van der Waals surface area (Å²) >= 11 is 0. The summed E-state index contributed by atoms with van der Waals surface area (Å²) in [7, 11) is -3.91. The molecule has 0 amide bonds. The molecule has 1 saturated carbocycles. The third-order valence-corrected chi connectivity index (χ3v) is 15.5. The van der Waals surface area contributed by atoms with Crippen molar-refractivity contribution in [3.05, 3.63) is 149 Å². The Bertz CT molecular complexity index is 2010. The Balaban J connectivity index is 1.57. The Morgan fingerprint density at radius 2 is 0.964 bits per heavy atom. The van der Waals surface area contributed by atoms with Gasteiger partial charge in [-0.15, -0.1) is 0 Å². The average Bonchev–Trinajstić information content (AvgIpc) is 3.61. The van der Waals surface area contributed by atoms with Crippen molar-refractivity contribution >= 4 is 42.4 Å². The molecule has 5 aromatic rings. The fourth-order valence-corrected chi connectivity index (χ4v) is 13.4. The molecule has 6 rings (SSSR count). The van der Waals surface area contributed by atoms with Crippen molar-refractivity contribution in [2.24, 2.45) is 5.92 Å². The second-order valence-corrected chi connectivity index (χ2v) is 18.7. The van der Waals surface area contributed by atoms with E-state index in [1.54, 1.807) is 0 Å². The number of rotatable bonds is 8. The molecule has 56 heavy (non-hydrogen) atoms. The van der Waals surface area contributed by atoms with Crippen LogP contribution in [-0.2, 0) is 24.7 Å². The molecule has 0 heterocycles. The lowest BCUT2D eigenvalue weighted by Crippen LogP contribution is -2.32. The number of benzene rings is 5. The molecule has 1 aliphatic rings. The highest BCUT2D eigenvalue weighted by Crippen LogP contribution is 2.55. The second kappa shape index (κ2) is 15.8. The molecular formula is C42H34F12P2. The summed E-state index contributed by atoms with van der Waals surface area (Å²) in [6, 6.07) is 26.8. The van der Waals surface area contributed by atoms with E-state index in [2.05, 4.69) is 6.07 Å². The van der Waals surface area contributed by atoms with Crippen LogP contribution in [0.4, 0.5) is 52.7 Å². The number of alkyl halides is 12. The van der Waals surface area contributed by atoms with E-state index in [0.29, 0.717) is 43.5 Å². The summed E-state index contributed by atoms with van der Waals surface area (Å²) in [4.78, 5) is 0. The van der Waals surface area contributed by atoms with E-state index in [0.717, 1.165) is 27.0 Å².